The molecule has 10 nitrogen and oxygen atoms in total. The number of ether oxygens (including phenoxy) is 4. The first kappa shape index (κ1) is 36.7. The van der Waals surface area contributed by atoms with Crippen LogP contribution in [0.25, 0.3) is 0 Å². The van der Waals surface area contributed by atoms with Crippen molar-refractivity contribution < 1.29 is 42.9 Å². The first-order valence-corrected chi connectivity index (χ1v) is 15.7. The number of hydrogen-bond donors (Lipinski definition) is 1. The van der Waals surface area contributed by atoms with Gasteiger partial charge in [0.05, 0.1) is 20.3 Å². The van der Waals surface area contributed by atoms with Crippen LogP contribution in [-0.2, 0) is 49.3 Å². The van der Waals surface area contributed by atoms with E-state index < -0.39 is 59.7 Å². The molecule has 0 aromatic heterocycles. The maximum Gasteiger partial charge on any atom is 0.323 e. The van der Waals surface area contributed by atoms with Gasteiger partial charge in [-0.1, -0.05) is 56.2 Å². The lowest BCUT2D eigenvalue weighted by atomic mass is 9.79. The van der Waals surface area contributed by atoms with Gasteiger partial charge in [0.2, 0.25) is 0 Å². The molecular formula is C34H49NO9. The third kappa shape index (κ3) is 11.5. The Bertz CT molecular complexity index is 1090. The fourth-order valence-corrected chi connectivity index (χ4v) is 5.81. The molecular weight excluding hydrogens is 566 g/mol. The predicted octanol–water partition coefficient (Wildman–Crippen LogP) is 4.38. The first-order valence-electron chi connectivity index (χ1n) is 15.7. The zero-order valence-corrected chi connectivity index (χ0v) is 26.8. The standard InChI is InChI=1S/C34H49NO9/c1-6-9-11-16-25(44-23(4)36)17-18-26-27(19-20-35-29(32(38)41-5)21-24-14-12-10-13-15-24)30(37)22-28(26)31(33(39)42-7-2)34(40)43-8-3/h10,12-15,17-18,25-29,31,35H,6-9,11,16,19-22H2,1-5H3/b18-17+/t25-,26+,27+,28-,29-/m0/s1. The zero-order chi connectivity index (χ0) is 32.5. The molecule has 1 fully saturated rings. The van der Waals surface area contributed by atoms with Crippen LogP contribution in [0.4, 0.5) is 0 Å². The van der Waals surface area contributed by atoms with Gasteiger partial charge < -0.3 is 24.3 Å². The van der Waals surface area contributed by atoms with E-state index in [4.69, 9.17) is 18.9 Å². The lowest BCUT2D eigenvalue weighted by Crippen LogP contribution is -2.41. The minimum absolute atomic E-state index is 0.0134. The van der Waals surface area contributed by atoms with E-state index in [-0.39, 0.29) is 25.4 Å². The maximum absolute atomic E-state index is 13.5. The van der Waals surface area contributed by atoms with E-state index in [0.717, 1.165) is 24.8 Å². The zero-order valence-electron chi connectivity index (χ0n) is 26.8. The second kappa shape index (κ2) is 19.7. The number of methoxy groups -OCH3 is 1. The largest absolute Gasteiger partial charge is 0.468 e. The number of esters is 4. The fraction of sp³-hybridized carbons (Fsp3) is 0.618. The second-order valence-corrected chi connectivity index (χ2v) is 11.0. The fourth-order valence-electron chi connectivity index (χ4n) is 5.81. The summed E-state index contributed by atoms with van der Waals surface area (Å²) in [5, 5.41) is 3.24. The Morgan fingerprint density at radius 2 is 1.64 bits per heavy atom. The summed E-state index contributed by atoms with van der Waals surface area (Å²) in [5.41, 5.74) is 0.958. The highest BCUT2D eigenvalue weighted by atomic mass is 16.6. The topological polar surface area (TPSA) is 134 Å². The molecule has 1 N–H and O–H groups in total. The quantitative estimate of drug-likeness (QED) is 0.0785. The highest BCUT2D eigenvalue weighted by Crippen LogP contribution is 2.43. The average Bonchev–Trinajstić information content (AvgIpc) is 3.29. The number of carbonyl (C=O) groups is 5. The molecule has 0 unspecified atom stereocenters. The molecule has 1 aromatic rings. The highest BCUT2D eigenvalue weighted by molar-refractivity contribution is 5.97. The van der Waals surface area contributed by atoms with E-state index in [1.54, 1.807) is 19.9 Å². The van der Waals surface area contributed by atoms with Gasteiger partial charge in [0, 0.05) is 19.3 Å². The third-order valence-corrected chi connectivity index (χ3v) is 7.89. The smallest absolute Gasteiger partial charge is 0.323 e. The number of carbonyl (C=O) groups excluding carboxylic acids is 5. The summed E-state index contributed by atoms with van der Waals surface area (Å²) < 4.78 is 21.0. The number of hydrogen-bond acceptors (Lipinski definition) is 10. The molecule has 5 atom stereocenters. The van der Waals surface area contributed by atoms with Crippen molar-refractivity contribution in [3.05, 3.63) is 48.0 Å². The molecule has 0 spiro atoms. The summed E-state index contributed by atoms with van der Waals surface area (Å²) >= 11 is 0. The Kier molecular flexibility index (Phi) is 16.4. The van der Waals surface area contributed by atoms with Crippen molar-refractivity contribution >= 4 is 29.7 Å². The van der Waals surface area contributed by atoms with Crippen molar-refractivity contribution in [2.24, 2.45) is 23.7 Å². The molecule has 0 heterocycles. The Morgan fingerprint density at radius 1 is 0.977 bits per heavy atom. The van der Waals surface area contributed by atoms with Gasteiger partial charge in [-0.3, -0.25) is 24.0 Å². The van der Waals surface area contributed by atoms with Crippen molar-refractivity contribution in [1.82, 2.24) is 5.32 Å². The summed E-state index contributed by atoms with van der Waals surface area (Å²) in [4.78, 5) is 64.0. The number of Topliss-reactive ketones (excluding diaryl/α,β-unsaturated/α-hetero) is 1. The van der Waals surface area contributed by atoms with Crippen LogP contribution in [0.15, 0.2) is 42.5 Å². The summed E-state index contributed by atoms with van der Waals surface area (Å²) in [6.07, 6.45) is 7.26. The molecule has 1 aliphatic carbocycles. The van der Waals surface area contributed by atoms with E-state index in [9.17, 15) is 24.0 Å². The number of unbranched alkanes of at least 4 members (excludes halogenated alkanes) is 2. The van der Waals surface area contributed by atoms with E-state index in [0.29, 0.717) is 25.8 Å². The van der Waals surface area contributed by atoms with Gasteiger partial charge >= 0.3 is 23.9 Å². The van der Waals surface area contributed by atoms with Gasteiger partial charge in [0.1, 0.15) is 17.9 Å². The van der Waals surface area contributed by atoms with Gasteiger partial charge in [0.25, 0.3) is 0 Å². The normalized spacial score (nSPS) is 19.5. The van der Waals surface area contributed by atoms with E-state index in [2.05, 4.69) is 12.2 Å². The minimum Gasteiger partial charge on any atom is -0.468 e. The summed E-state index contributed by atoms with van der Waals surface area (Å²) in [5.74, 6) is -5.45. The van der Waals surface area contributed by atoms with Crippen molar-refractivity contribution in [3.8, 4) is 0 Å². The molecule has 1 aliphatic rings. The SMILES string of the molecule is CCCCC[C@@H](/C=C/[C@H]1[C@@H](C(C(=O)OCC)C(=O)OCC)CC(=O)[C@@H]1CCN[C@@H](Cc1ccccc1)C(=O)OC)OC(C)=O. The molecule has 1 aromatic carbocycles. The van der Waals surface area contributed by atoms with Crippen LogP contribution in [0.5, 0.6) is 0 Å². The van der Waals surface area contributed by atoms with Crippen LogP contribution >= 0.6 is 0 Å². The Hall–Kier alpha value is -3.53. The molecule has 44 heavy (non-hydrogen) atoms. The minimum atomic E-state index is -1.28. The Balaban J connectivity index is 2.36. The van der Waals surface area contributed by atoms with Gasteiger partial charge in [0.15, 0.2) is 5.92 Å². The van der Waals surface area contributed by atoms with Crippen molar-refractivity contribution in [2.75, 3.05) is 26.9 Å². The van der Waals surface area contributed by atoms with Crippen LogP contribution in [0.3, 0.4) is 0 Å². The second-order valence-electron chi connectivity index (χ2n) is 11.0. The number of benzene rings is 1. The third-order valence-electron chi connectivity index (χ3n) is 7.89. The molecule has 0 amide bonds. The monoisotopic (exact) mass is 615 g/mol. The summed E-state index contributed by atoms with van der Waals surface area (Å²) in [6.45, 7) is 7.20. The average molecular weight is 616 g/mol. The van der Waals surface area contributed by atoms with Crippen LogP contribution in [0, 0.1) is 23.7 Å². The molecule has 0 bridgehead atoms. The maximum atomic E-state index is 13.5. The highest BCUT2D eigenvalue weighted by Gasteiger charge is 2.50. The lowest BCUT2D eigenvalue weighted by molar-refractivity contribution is -0.165. The number of ketones is 1. The Labute approximate surface area is 261 Å². The van der Waals surface area contributed by atoms with Crippen molar-refractivity contribution in [1.29, 1.82) is 0 Å². The summed E-state index contributed by atoms with van der Waals surface area (Å²) in [7, 11) is 1.33. The van der Waals surface area contributed by atoms with Gasteiger partial charge in [-0.2, -0.15) is 0 Å². The van der Waals surface area contributed by atoms with Gasteiger partial charge in [-0.25, -0.2) is 0 Å². The van der Waals surface area contributed by atoms with Crippen molar-refractivity contribution in [2.45, 2.75) is 84.8 Å². The van der Waals surface area contributed by atoms with Gasteiger partial charge in [-0.15, -0.1) is 0 Å². The Morgan fingerprint density at radius 3 is 2.20 bits per heavy atom. The van der Waals surface area contributed by atoms with Gasteiger partial charge in [-0.05, 0) is 69.6 Å². The number of nitrogens with one attached hydrogen (secondary N) is 1. The molecule has 0 aliphatic heterocycles. The number of rotatable bonds is 19. The number of allylic oxidation sites excluding steroid dienone is 1. The predicted molar refractivity (Wildman–Crippen MR) is 164 cm³/mol. The summed E-state index contributed by atoms with van der Waals surface area (Å²) in [6, 6.07) is 8.92. The van der Waals surface area contributed by atoms with Crippen molar-refractivity contribution in [3.63, 3.8) is 0 Å². The van der Waals surface area contributed by atoms with Crippen LogP contribution in [-0.4, -0.2) is 68.7 Å². The molecule has 244 valence electrons. The molecule has 2 rings (SSSR count). The molecule has 1 saturated carbocycles. The molecule has 0 saturated heterocycles. The van der Waals surface area contributed by atoms with Crippen LogP contribution in [0.2, 0.25) is 0 Å². The van der Waals surface area contributed by atoms with Crippen LogP contribution < -0.4 is 5.32 Å². The van der Waals surface area contributed by atoms with E-state index in [1.807, 2.05) is 36.4 Å². The van der Waals surface area contributed by atoms with E-state index >= 15 is 0 Å². The first-order chi connectivity index (χ1) is 21.2. The lowest BCUT2D eigenvalue weighted by Gasteiger charge is -2.27. The molecule has 10 heteroatoms. The van der Waals surface area contributed by atoms with E-state index in [1.165, 1.54) is 14.0 Å². The molecule has 0 radical (unpaired) electrons. The van der Waals surface area contributed by atoms with Crippen LogP contribution in [0.1, 0.15) is 71.8 Å².